The summed E-state index contributed by atoms with van der Waals surface area (Å²) in [5, 5.41) is 3.16. The van der Waals surface area contributed by atoms with E-state index in [9.17, 15) is 13.2 Å². The summed E-state index contributed by atoms with van der Waals surface area (Å²) in [6.45, 7) is 5.95. The number of fused-ring (bicyclic) bond motifs is 2. The van der Waals surface area contributed by atoms with Crippen LogP contribution in [0.2, 0.25) is 0 Å². The van der Waals surface area contributed by atoms with E-state index in [0.29, 0.717) is 17.9 Å². The Morgan fingerprint density at radius 3 is 2.43 bits per heavy atom. The van der Waals surface area contributed by atoms with Crippen LogP contribution >= 0.6 is 0 Å². The Morgan fingerprint density at radius 1 is 1.00 bits per heavy atom. The van der Waals surface area contributed by atoms with Crippen LogP contribution in [0, 0.1) is 6.92 Å². The SMILES string of the molecule is CCC1(CC)C[C@@H](NC(=O)[C@H]2CN(S(=O)(=O)c3ccccc3)c3ccc(C)cc3O2)c2ccccc2O1. The van der Waals surface area contributed by atoms with Crippen molar-refractivity contribution < 1.29 is 22.7 Å². The zero-order valence-electron chi connectivity index (χ0n) is 21.3. The first kappa shape index (κ1) is 25.1. The van der Waals surface area contributed by atoms with Crippen LogP contribution in [0.1, 0.15) is 50.3 Å². The van der Waals surface area contributed by atoms with Gasteiger partial charge >= 0.3 is 0 Å². The molecule has 0 saturated carbocycles. The summed E-state index contributed by atoms with van der Waals surface area (Å²) in [5.41, 5.74) is 1.86. The lowest BCUT2D eigenvalue weighted by Gasteiger charge is -2.42. The fraction of sp³-hybridized carbons (Fsp3) is 0.345. The van der Waals surface area contributed by atoms with Gasteiger partial charge in [0.05, 0.1) is 23.2 Å². The monoisotopic (exact) mass is 520 g/mol. The summed E-state index contributed by atoms with van der Waals surface area (Å²) in [4.78, 5) is 13.8. The van der Waals surface area contributed by atoms with E-state index in [2.05, 4.69) is 19.2 Å². The fourth-order valence-corrected chi connectivity index (χ4v) is 6.64. The molecule has 3 aromatic carbocycles. The number of nitrogens with one attached hydrogen (secondary N) is 1. The van der Waals surface area contributed by atoms with Gasteiger partial charge in [-0.2, -0.15) is 0 Å². The lowest BCUT2D eigenvalue weighted by molar-refractivity contribution is -0.129. The van der Waals surface area contributed by atoms with Gasteiger partial charge in [-0.05, 0) is 55.7 Å². The van der Waals surface area contributed by atoms with Gasteiger partial charge in [-0.25, -0.2) is 8.42 Å². The molecule has 0 aromatic heterocycles. The molecule has 2 aliphatic rings. The Labute approximate surface area is 218 Å². The van der Waals surface area contributed by atoms with E-state index >= 15 is 0 Å². The van der Waals surface area contributed by atoms with E-state index in [0.717, 1.165) is 29.7 Å². The lowest BCUT2D eigenvalue weighted by atomic mass is 9.83. The molecule has 1 N–H and O–H groups in total. The predicted molar refractivity (Wildman–Crippen MR) is 142 cm³/mol. The average molecular weight is 521 g/mol. The summed E-state index contributed by atoms with van der Waals surface area (Å²) < 4.78 is 41.1. The van der Waals surface area contributed by atoms with E-state index in [-0.39, 0.29) is 29.0 Å². The second-order valence-corrected chi connectivity index (χ2v) is 11.6. The predicted octanol–water partition coefficient (Wildman–Crippen LogP) is 5.15. The topological polar surface area (TPSA) is 84.9 Å². The number of carbonyl (C=O) groups is 1. The number of ether oxygens (including phenoxy) is 2. The molecule has 0 saturated heterocycles. The highest BCUT2D eigenvalue weighted by Gasteiger charge is 2.42. The average Bonchev–Trinajstić information content (AvgIpc) is 2.92. The smallest absolute Gasteiger partial charge is 0.264 e. The van der Waals surface area contributed by atoms with Crippen LogP contribution < -0.4 is 19.1 Å². The van der Waals surface area contributed by atoms with Crippen LogP contribution in [0.4, 0.5) is 5.69 Å². The van der Waals surface area contributed by atoms with Crippen LogP contribution in [0.15, 0.2) is 77.7 Å². The summed E-state index contributed by atoms with van der Waals surface area (Å²) in [7, 11) is -3.91. The number of amides is 1. The van der Waals surface area contributed by atoms with Crippen molar-refractivity contribution in [2.24, 2.45) is 0 Å². The highest BCUT2D eigenvalue weighted by Crippen LogP contribution is 2.43. The lowest BCUT2D eigenvalue weighted by Crippen LogP contribution is -2.52. The molecule has 7 nitrogen and oxygen atoms in total. The van der Waals surface area contributed by atoms with Gasteiger partial charge in [-0.15, -0.1) is 0 Å². The number of nitrogens with zero attached hydrogens (tertiary/aromatic N) is 1. The second kappa shape index (κ2) is 9.74. The Morgan fingerprint density at radius 2 is 1.70 bits per heavy atom. The minimum atomic E-state index is -3.91. The van der Waals surface area contributed by atoms with Gasteiger partial charge in [0, 0.05) is 12.0 Å². The summed E-state index contributed by atoms with van der Waals surface area (Å²) in [6, 6.07) is 21.0. The van der Waals surface area contributed by atoms with Crippen molar-refractivity contribution in [3.63, 3.8) is 0 Å². The van der Waals surface area contributed by atoms with Crippen molar-refractivity contribution >= 4 is 21.6 Å². The molecular formula is C29H32N2O5S. The summed E-state index contributed by atoms with van der Waals surface area (Å²) in [5.74, 6) is 0.777. The molecule has 0 spiro atoms. The summed E-state index contributed by atoms with van der Waals surface area (Å²) >= 11 is 0. The molecule has 2 atom stereocenters. The second-order valence-electron chi connectivity index (χ2n) is 9.72. The van der Waals surface area contributed by atoms with Crippen molar-refractivity contribution in [2.75, 3.05) is 10.8 Å². The first-order valence-electron chi connectivity index (χ1n) is 12.7. The first-order valence-corrected chi connectivity index (χ1v) is 14.1. The molecule has 5 rings (SSSR count). The molecule has 194 valence electrons. The molecule has 0 aliphatic carbocycles. The first-order chi connectivity index (χ1) is 17.8. The van der Waals surface area contributed by atoms with Gasteiger partial charge in [0.25, 0.3) is 15.9 Å². The molecule has 2 heterocycles. The van der Waals surface area contributed by atoms with Crippen molar-refractivity contribution in [2.45, 2.75) is 62.7 Å². The van der Waals surface area contributed by atoms with Crippen LogP contribution in [0.5, 0.6) is 11.5 Å². The van der Waals surface area contributed by atoms with Crippen LogP contribution in [-0.4, -0.2) is 32.6 Å². The van der Waals surface area contributed by atoms with Crippen LogP contribution in [-0.2, 0) is 14.8 Å². The maximum Gasteiger partial charge on any atom is 0.264 e. The van der Waals surface area contributed by atoms with Gasteiger partial charge in [0.15, 0.2) is 6.10 Å². The maximum atomic E-state index is 13.7. The Balaban J connectivity index is 1.47. The number of carbonyl (C=O) groups excluding carboxylic acids is 1. The minimum Gasteiger partial charge on any atom is -0.487 e. The molecule has 1 amide bonds. The Hall–Kier alpha value is -3.52. The van der Waals surface area contributed by atoms with Gasteiger partial charge in [-0.3, -0.25) is 9.10 Å². The number of rotatable bonds is 6. The van der Waals surface area contributed by atoms with E-state index in [1.165, 1.54) is 4.31 Å². The highest BCUT2D eigenvalue weighted by atomic mass is 32.2. The van der Waals surface area contributed by atoms with Crippen molar-refractivity contribution in [1.82, 2.24) is 5.32 Å². The third kappa shape index (κ3) is 4.66. The third-order valence-electron chi connectivity index (χ3n) is 7.41. The largest absolute Gasteiger partial charge is 0.487 e. The van der Waals surface area contributed by atoms with Crippen molar-refractivity contribution in [1.29, 1.82) is 0 Å². The van der Waals surface area contributed by atoms with Gasteiger partial charge < -0.3 is 14.8 Å². The molecule has 3 aromatic rings. The normalized spacial score (nSPS) is 20.1. The zero-order chi connectivity index (χ0) is 26.2. The van der Waals surface area contributed by atoms with Crippen LogP contribution in [0.25, 0.3) is 0 Å². The number of aryl methyl sites for hydroxylation is 1. The minimum absolute atomic E-state index is 0.128. The Kier molecular flexibility index (Phi) is 6.62. The fourth-order valence-electron chi connectivity index (χ4n) is 5.14. The van der Waals surface area contributed by atoms with E-state index < -0.39 is 16.1 Å². The molecule has 0 unspecified atom stereocenters. The van der Waals surface area contributed by atoms with Gasteiger partial charge in [0.2, 0.25) is 0 Å². The number of benzene rings is 3. The molecule has 37 heavy (non-hydrogen) atoms. The van der Waals surface area contributed by atoms with Crippen molar-refractivity contribution in [3.05, 3.63) is 83.9 Å². The third-order valence-corrected chi connectivity index (χ3v) is 9.20. The quantitative estimate of drug-likeness (QED) is 0.486. The number of hydrogen-bond donors (Lipinski definition) is 1. The molecule has 0 radical (unpaired) electrons. The van der Waals surface area contributed by atoms with Crippen LogP contribution in [0.3, 0.4) is 0 Å². The van der Waals surface area contributed by atoms with Gasteiger partial charge in [0.1, 0.15) is 17.1 Å². The van der Waals surface area contributed by atoms with Crippen molar-refractivity contribution in [3.8, 4) is 11.5 Å². The maximum absolute atomic E-state index is 13.7. The number of sulfonamides is 1. The molecule has 8 heteroatoms. The molecule has 2 aliphatic heterocycles. The Bertz CT molecular complexity index is 1400. The molecular weight excluding hydrogens is 488 g/mol. The standard InChI is InChI=1S/C29H32N2O5S/c1-4-29(5-2)18-23(22-13-9-10-14-25(22)36-29)30-28(32)27-19-31(24-16-15-20(3)17-26(24)35-27)37(33,34)21-11-7-6-8-12-21/h6-17,23,27H,4-5,18-19H2,1-3H3,(H,30,32)/t23-,27-/m1/s1. The number of para-hydroxylation sites is 1. The van der Waals surface area contributed by atoms with E-state index in [1.54, 1.807) is 42.5 Å². The number of anilines is 1. The zero-order valence-corrected chi connectivity index (χ0v) is 22.1. The summed E-state index contributed by atoms with van der Waals surface area (Å²) in [6.07, 6.45) is 1.22. The van der Waals surface area contributed by atoms with Gasteiger partial charge in [-0.1, -0.05) is 56.3 Å². The molecule has 0 fully saturated rings. The van der Waals surface area contributed by atoms with E-state index in [4.69, 9.17) is 9.47 Å². The highest BCUT2D eigenvalue weighted by molar-refractivity contribution is 7.92. The molecule has 0 bridgehead atoms. The van der Waals surface area contributed by atoms with E-state index in [1.807, 2.05) is 37.3 Å². The number of hydrogen-bond acceptors (Lipinski definition) is 5.